The number of methoxy groups -OCH3 is 1. The van der Waals surface area contributed by atoms with Gasteiger partial charge in [-0.3, -0.25) is 14.7 Å². The van der Waals surface area contributed by atoms with Crippen LogP contribution in [0.5, 0.6) is 11.5 Å². The molecule has 8 nitrogen and oxygen atoms in total. The predicted octanol–water partition coefficient (Wildman–Crippen LogP) is 1.96. The maximum atomic E-state index is 12.7. The summed E-state index contributed by atoms with van der Waals surface area (Å²) in [4.78, 5) is 25.0. The van der Waals surface area contributed by atoms with Crippen LogP contribution >= 0.6 is 0 Å². The van der Waals surface area contributed by atoms with Crippen LogP contribution in [-0.2, 0) is 24.2 Å². The van der Waals surface area contributed by atoms with Gasteiger partial charge >= 0.3 is 0 Å². The van der Waals surface area contributed by atoms with E-state index in [0.717, 1.165) is 29.9 Å². The van der Waals surface area contributed by atoms with Crippen molar-refractivity contribution in [2.45, 2.75) is 45.6 Å². The average molecular weight is 439 g/mol. The maximum absolute atomic E-state index is 12.7. The summed E-state index contributed by atoms with van der Waals surface area (Å²) >= 11 is 0. The Morgan fingerprint density at radius 2 is 2.06 bits per heavy atom. The number of anilines is 1. The normalized spacial score (nSPS) is 21.0. The molecule has 8 heteroatoms. The largest absolute Gasteiger partial charge is 0.493 e. The molecule has 1 N–H and O–H groups in total. The van der Waals surface area contributed by atoms with Crippen molar-refractivity contribution in [2.24, 2.45) is 0 Å². The topological polar surface area (TPSA) is 79.9 Å². The number of fused-ring (bicyclic) bond motifs is 1. The lowest BCUT2D eigenvalue weighted by Gasteiger charge is -2.36. The van der Waals surface area contributed by atoms with E-state index in [1.807, 2.05) is 32.0 Å². The van der Waals surface area contributed by atoms with E-state index in [2.05, 4.69) is 20.7 Å². The van der Waals surface area contributed by atoms with Gasteiger partial charge in [0.1, 0.15) is 6.61 Å². The van der Waals surface area contributed by atoms with Crippen LogP contribution in [0.2, 0.25) is 0 Å². The average Bonchev–Trinajstić information content (AvgIpc) is 2.77. The van der Waals surface area contributed by atoms with Gasteiger partial charge in [-0.15, -0.1) is 6.42 Å². The van der Waals surface area contributed by atoms with Crippen molar-refractivity contribution in [3.63, 3.8) is 0 Å². The monoisotopic (exact) mass is 438 g/mol. The number of H-pyrrole nitrogens is 1. The van der Waals surface area contributed by atoms with Crippen molar-refractivity contribution in [1.82, 2.24) is 14.9 Å². The van der Waals surface area contributed by atoms with Gasteiger partial charge in [-0.1, -0.05) is 12.0 Å². The molecule has 1 fully saturated rings. The molecule has 2 aliphatic heterocycles. The van der Waals surface area contributed by atoms with Crippen molar-refractivity contribution in [3.8, 4) is 23.8 Å². The maximum Gasteiger partial charge on any atom is 0.255 e. The summed E-state index contributed by atoms with van der Waals surface area (Å²) in [7, 11) is 1.62. The fraction of sp³-hybridized carbons (Fsp3) is 0.500. The third kappa shape index (κ3) is 4.90. The number of hydrogen-bond donors (Lipinski definition) is 1. The molecule has 32 heavy (non-hydrogen) atoms. The van der Waals surface area contributed by atoms with Gasteiger partial charge in [-0.2, -0.15) is 0 Å². The molecule has 0 radical (unpaired) electrons. The quantitative estimate of drug-likeness (QED) is 0.691. The molecule has 2 atom stereocenters. The molecule has 0 spiro atoms. The third-order valence-corrected chi connectivity index (χ3v) is 5.80. The van der Waals surface area contributed by atoms with E-state index in [9.17, 15) is 4.79 Å². The van der Waals surface area contributed by atoms with Gasteiger partial charge in [-0.25, -0.2) is 4.98 Å². The molecular formula is C24H30N4O4. The summed E-state index contributed by atoms with van der Waals surface area (Å²) < 4.78 is 16.8. The number of nitrogens with zero attached hydrogens (tertiary/aromatic N) is 3. The molecule has 1 aromatic carbocycles. The molecule has 3 heterocycles. The highest BCUT2D eigenvalue weighted by Gasteiger charge is 2.27. The molecule has 0 bridgehead atoms. The summed E-state index contributed by atoms with van der Waals surface area (Å²) in [5.41, 5.74) is 2.70. The SMILES string of the molecule is C#CCOc1ccc(CN2CCc3c(nc(N4C[C@H](C)O[C@@H](C)C4)[nH]c3=O)C2)cc1OC. The number of terminal acetylenes is 1. The first-order valence-electron chi connectivity index (χ1n) is 10.9. The molecule has 0 unspecified atom stereocenters. The van der Waals surface area contributed by atoms with Gasteiger partial charge in [0.25, 0.3) is 5.56 Å². The van der Waals surface area contributed by atoms with Gasteiger partial charge in [-0.05, 0) is 38.0 Å². The smallest absolute Gasteiger partial charge is 0.255 e. The van der Waals surface area contributed by atoms with E-state index in [1.54, 1.807) is 7.11 Å². The van der Waals surface area contributed by atoms with Crippen molar-refractivity contribution in [3.05, 3.63) is 45.4 Å². The number of aromatic amines is 1. The molecule has 170 valence electrons. The minimum Gasteiger partial charge on any atom is -0.493 e. The zero-order valence-corrected chi connectivity index (χ0v) is 18.9. The van der Waals surface area contributed by atoms with E-state index in [-0.39, 0.29) is 24.4 Å². The first kappa shape index (κ1) is 22.2. The number of aromatic nitrogens is 2. The molecular weight excluding hydrogens is 408 g/mol. The molecule has 0 saturated carbocycles. The second kappa shape index (κ2) is 9.63. The van der Waals surface area contributed by atoms with Crippen LogP contribution in [0.4, 0.5) is 5.95 Å². The third-order valence-electron chi connectivity index (χ3n) is 5.80. The number of hydrogen-bond acceptors (Lipinski definition) is 7. The second-order valence-electron chi connectivity index (χ2n) is 8.42. The fourth-order valence-corrected chi connectivity index (χ4v) is 4.42. The first-order chi connectivity index (χ1) is 15.5. The summed E-state index contributed by atoms with van der Waals surface area (Å²) in [6.07, 6.45) is 6.15. The van der Waals surface area contributed by atoms with Gasteiger partial charge < -0.3 is 19.1 Å². The molecule has 2 aliphatic rings. The lowest BCUT2D eigenvalue weighted by atomic mass is 10.1. The van der Waals surface area contributed by atoms with Gasteiger partial charge in [0.15, 0.2) is 11.5 Å². The Hall–Kier alpha value is -3.02. The van der Waals surface area contributed by atoms with Crippen LogP contribution in [0.1, 0.15) is 30.7 Å². The van der Waals surface area contributed by atoms with Crippen LogP contribution in [0.15, 0.2) is 23.0 Å². The van der Waals surface area contributed by atoms with Crippen molar-refractivity contribution < 1.29 is 14.2 Å². The van der Waals surface area contributed by atoms with Gasteiger partial charge in [0.05, 0.1) is 25.0 Å². The van der Waals surface area contributed by atoms with Crippen LogP contribution in [0, 0.1) is 12.3 Å². The van der Waals surface area contributed by atoms with Crippen LogP contribution in [0.3, 0.4) is 0 Å². The lowest BCUT2D eigenvalue weighted by Crippen LogP contribution is -2.47. The second-order valence-corrected chi connectivity index (χ2v) is 8.42. The molecule has 1 saturated heterocycles. The Labute approximate surface area is 188 Å². The van der Waals surface area contributed by atoms with E-state index in [4.69, 9.17) is 25.6 Å². The number of rotatable bonds is 6. The number of morpholine rings is 1. The van der Waals surface area contributed by atoms with Crippen molar-refractivity contribution in [1.29, 1.82) is 0 Å². The van der Waals surface area contributed by atoms with E-state index >= 15 is 0 Å². The number of ether oxygens (including phenoxy) is 3. The lowest BCUT2D eigenvalue weighted by molar-refractivity contribution is -0.00576. The zero-order chi connectivity index (χ0) is 22.7. The molecule has 0 amide bonds. The van der Waals surface area contributed by atoms with Crippen molar-refractivity contribution in [2.75, 3.05) is 38.3 Å². The van der Waals surface area contributed by atoms with E-state index < -0.39 is 0 Å². The fourth-order valence-electron chi connectivity index (χ4n) is 4.42. The first-order valence-corrected chi connectivity index (χ1v) is 10.9. The number of benzene rings is 1. The minimum atomic E-state index is -0.0341. The Balaban J connectivity index is 1.50. The predicted molar refractivity (Wildman–Crippen MR) is 122 cm³/mol. The minimum absolute atomic E-state index is 0.0341. The molecule has 4 rings (SSSR count). The summed E-state index contributed by atoms with van der Waals surface area (Å²) in [6.45, 7) is 7.84. The highest BCUT2D eigenvalue weighted by atomic mass is 16.5. The molecule has 1 aromatic heterocycles. The van der Waals surface area contributed by atoms with Crippen LogP contribution in [0.25, 0.3) is 0 Å². The zero-order valence-electron chi connectivity index (χ0n) is 18.9. The number of nitrogens with one attached hydrogen (secondary N) is 1. The van der Waals surface area contributed by atoms with Crippen LogP contribution < -0.4 is 19.9 Å². The molecule has 0 aliphatic carbocycles. The van der Waals surface area contributed by atoms with Crippen LogP contribution in [-0.4, -0.2) is 60.4 Å². The van der Waals surface area contributed by atoms with E-state index in [0.29, 0.717) is 43.5 Å². The van der Waals surface area contributed by atoms with E-state index in [1.165, 1.54) is 0 Å². The van der Waals surface area contributed by atoms with Gasteiger partial charge in [0.2, 0.25) is 5.95 Å². The molecule has 2 aromatic rings. The Morgan fingerprint density at radius 3 is 2.78 bits per heavy atom. The summed E-state index contributed by atoms with van der Waals surface area (Å²) in [6, 6.07) is 5.86. The highest BCUT2D eigenvalue weighted by molar-refractivity contribution is 5.43. The summed E-state index contributed by atoms with van der Waals surface area (Å²) in [5.74, 6) is 4.38. The Morgan fingerprint density at radius 1 is 1.28 bits per heavy atom. The Bertz CT molecular complexity index is 1050. The Kier molecular flexibility index (Phi) is 6.68. The standard InChI is InChI=1S/C24H30N4O4/c1-5-10-31-21-7-6-18(11-22(21)30-4)14-27-9-8-19-20(15-27)25-24(26-23(19)29)28-12-16(2)32-17(3)13-28/h1,6-7,11,16-17H,8-10,12-15H2,2-4H3,(H,25,26,29)/t16-,17-/m0/s1. The summed E-state index contributed by atoms with van der Waals surface area (Å²) in [5, 5.41) is 0. The van der Waals surface area contributed by atoms with Crippen molar-refractivity contribution >= 4 is 5.95 Å². The van der Waals surface area contributed by atoms with Gasteiger partial charge in [0, 0.05) is 38.3 Å². The highest BCUT2D eigenvalue weighted by Crippen LogP contribution is 2.29.